The van der Waals surface area contributed by atoms with Crippen molar-refractivity contribution in [3.8, 4) is 16.2 Å². The molecule has 0 spiro atoms. The molecule has 0 atom stereocenters. The molecule has 1 aliphatic heterocycles. The van der Waals surface area contributed by atoms with Crippen molar-refractivity contribution in [3.63, 3.8) is 0 Å². The van der Waals surface area contributed by atoms with E-state index < -0.39 is 5.97 Å². The zero-order chi connectivity index (χ0) is 20.3. The van der Waals surface area contributed by atoms with Gasteiger partial charge in [0.2, 0.25) is 0 Å². The molecule has 0 radical (unpaired) electrons. The highest BCUT2D eigenvalue weighted by Crippen LogP contribution is 2.39. The number of thiophene rings is 1. The predicted molar refractivity (Wildman–Crippen MR) is 119 cm³/mol. The number of carboxylic acids is 1. The Hall–Kier alpha value is -1.97. The van der Waals surface area contributed by atoms with Crippen LogP contribution < -0.4 is 5.43 Å². The van der Waals surface area contributed by atoms with Crippen LogP contribution in [0.15, 0.2) is 39.2 Å². The fraction of sp³-hybridized carbons (Fsp3) is 0.316. The summed E-state index contributed by atoms with van der Waals surface area (Å²) >= 11 is 10.2. The van der Waals surface area contributed by atoms with E-state index in [-0.39, 0.29) is 11.7 Å². The standard InChI is InChI=1S/C19H20BrN3O3S2/c1-11(21-22-19(27)23-8-6-13(7-9-23)18(25)26)15-10-28-17(16(15)24)12-2-4-14(20)5-3-12/h2-5,10,13,24H,6-9H2,1H3,(H,22,27)(H,25,26)/b21-11+. The summed E-state index contributed by atoms with van der Waals surface area (Å²) in [5, 5.41) is 26.3. The topological polar surface area (TPSA) is 85.2 Å². The fourth-order valence-corrected chi connectivity index (χ4v) is 4.51. The van der Waals surface area contributed by atoms with Crippen LogP contribution in [-0.4, -0.2) is 45.0 Å². The largest absolute Gasteiger partial charge is 0.506 e. The third-order valence-electron chi connectivity index (χ3n) is 4.71. The molecule has 0 bridgehead atoms. The first-order valence-corrected chi connectivity index (χ1v) is 10.8. The van der Waals surface area contributed by atoms with E-state index in [1.807, 2.05) is 34.5 Å². The molecule has 28 heavy (non-hydrogen) atoms. The first-order chi connectivity index (χ1) is 13.4. The van der Waals surface area contributed by atoms with E-state index in [1.165, 1.54) is 11.3 Å². The first-order valence-electron chi connectivity index (χ1n) is 8.75. The number of nitrogens with zero attached hydrogens (tertiary/aromatic N) is 2. The quantitative estimate of drug-likeness (QED) is 0.343. The van der Waals surface area contributed by atoms with Gasteiger partial charge in [-0.2, -0.15) is 5.10 Å². The lowest BCUT2D eigenvalue weighted by molar-refractivity contribution is -0.143. The van der Waals surface area contributed by atoms with Crippen LogP contribution in [0.5, 0.6) is 5.75 Å². The Morgan fingerprint density at radius 2 is 1.96 bits per heavy atom. The van der Waals surface area contributed by atoms with Crippen LogP contribution in [0.2, 0.25) is 0 Å². The van der Waals surface area contributed by atoms with Gasteiger partial charge in [0, 0.05) is 22.9 Å². The Morgan fingerprint density at radius 3 is 2.57 bits per heavy atom. The zero-order valence-electron chi connectivity index (χ0n) is 15.2. The summed E-state index contributed by atoms with van der Waals surface area (Å²) < 4.78 is 0.982. The van der Waals surface area contributed by atoms with Crippen LogP contribution in [0.4, 0.5) is 0 Å². The summed E-state index contributed by atoms with van der Waals surface area (Å²) in [5.41, 5.74) is 5.08. The Kier molecular flexibility index (Phi) is 6.69. The minimum atomic E-state index is -0.748. The lowest BCUT2D eigenvalue weighted by atomic mass is 9.97. The third kappa shape index (κ3) is 4.71. The van der Waals surface area contributed by atoms with Gasteiger partial charge in [0.1, 0.15) is 5.75 Å². The highest BCUT2D eigenvalue weighted by atomic mass is 79.9. The smallest absolute Gasteiger partial charge is 0.306 e. The summed E-state index contributed by atoms with van der Waals surface area (Å²) in [7, 11) is 0. The van der Waals surface area contributed by atoms with Gasteiger partial charge in [-0.05, 0) is 49.7 Å². The normalized spacial score (nSPS) is 15.5. The van der Waals surface area contributed by atoms with Crippen LogP contribution >= 0.6 is 39.5 Å². The van der Waals surface area contributed by atoms with Gasteiger partial charge >= 0.3 is 5.97 Å². The second kappa shape index (κ2) is 9.02. The predicted octanol–water partition coefficient (Wildman–Crippen LogP) is 4.28. The number of rotatable bonds is 4. The number of carbonyl (C=O) groups is 1. The number of nitrogens with one attached hydrogen (secondary N) is 1. The molecule has 0 aliphatic carbocycles. The van der Waals surface area contributed by atoms with Gasteiger partial charge in [0.05, 0.1) is 22.1 Å². The molecular formula is C19H20BrN3O3S2. The summed E-state index contributed by atoms with van der Waals surface area (Å²) in [5.74, 6) is -0.852. The number of aromatic hydroxyl groups is 1. The van der Waals surface area contributed by atoms with E-state index in [0.717, 1.165) is 14.9 Å². The maximum Gasteiger partial charge on any atom is 0.306 e. The van der Waals surface area contributed by atoms with Gasteiger partial charge < -0.3 is 15.1 Å². The number of hydrazone groups is 1. The minimum absolute atomic E-state index is 0.198. The first kappa shape index (κ1) is 20.8. The van der Waals surface area contributed by atoms with E-state index in [4.69, 9.17) is 17.3 Å². The van der Waals surface area contributed by atoms with E-state index in [2.05, 4.69) is 26.5 Å². The summed E-state index contributed by atoms with van der Waals surface area (Å²) in [6.07, 6.45) is 1.14. The number of benzene rings is 1. The fourth-order valence-electron chi connectivity index (χ4n) is 3.01. The molecule has 1 saturated heterocycles. The van der Waals surface area contributed by atoms with Crippen molar-refractivity contribution in [3.05, 3.63) is 39.7 Å². The minimum Gasteiger partial charge on any atom is -0.506 e. The van der Waals surface area contributed by atoms with Gasteiger partial charge in [-0.15, -0.1) is 11.3 Å². The average molecular weight is 482 g/mol. The van der Waals surface area contributed by atoms with Gasteiger partial charge in [0.15, 0.2) is 5.11 Å². The molecule has 2 aromatic rings. The summed E-state index contributed by atoms with van der Waals surface area (Å²) in [6, 6.07) is 7.76. The number of carboxylic acid groups (broad SMARTS) is 1. The van der Waals surface area contributed by atoms with Crippen molar-refractivity contribution >= 4 is 56.3 Å². The number of likely N-dealkylation sites (tertiary alicyclic amines) is 1. The molecule has 1 aromatic heterocycles. The van der Waals surface area contributed by atoms with Gasteiger partial charge in [0.25, 0.3) is 0 Å². The molecule has 6 nitrogen and oxygen atoms in total. The molecule has 3 N–H and O–H groups in total. The Labute approximate surface area is 181 Å². The molecule has 2 heterocycles. The summed E-state index contributed by atoms with van der Waals surface area (Å²) in [4.78, 5) is 13.8. The highest BCUT2D eigenvalue weighted by Gasteiger charge is 2.25. The Balaban J connectivity index is 1.65. The van der Waals surface area contributed by atoms with Crippen molar-refractivity contribution in [2.24, 2.45) is 11.0 Å². The Morgan fingerprint density at radius 1 is 1.32 bits per heavy atom. The second-order valence-electron chi connectivity index (χ2n) is 6.55. The maximum atomic E-state index is 11.0. The van der Waals surface area contributed by atoms with Crippen molar-refractivity contribution in [2.75, 3.05) is 13.1 Å². The number of hydrogen-bond acceptors (Lipinski definition) is 5. The lowest BCUT2D eigenvalue weighted by Crippen LogP contribution is -2.44. The Bertz CT molecular complexity index is 904. The lowest BCUT2D eigenvalue weighted by Gasteiger charge is -2.31. The number of halogens is 1. The van der Waals surface area contributed by atoms with Gasteiger partial charge in [-0.25, -0.2) is 0 Å². The van der Waals surface area contributed by atoms with Crippen LogP contribution in [0, 0.1) is 5.92 Å². The second-order valence-corrected chi connectivity index (χ2v) is 8.73. The molecule has 0 saturated carbocycles. The van der Waals surface area contributed by atoms with Crippen LogP contribution in [0.3, 0.4) is 0 Å². The van der Waals surface area contributed by atoms with Crippen molar-refractivity contribution in [2.45, 2.75) is 19.8 Å². The van der Waals surface area contributed by atoms with Crippen molar-refractivity contribution < 1.29 is 15.0 Å². The number of hydrogen-bond donors (Lipinski definition) is 3. The maximum absolute atomic E-state index is 11.0. The van der Waals surface area contributed by atoms with E-state index in [9.17, 15) is 9.90 Å². The number of thiocarbonyl (C=S) groups is 1. The van der Waals surface area contributed by atoms with E-state index in [0.29, 0.717) is 42.3 Å². The molecule has 0 amide bonds. The SMILES string of the molecule is C/C(=N\NC(=S)N1CCC(C(=O)O)CC1)c1csc(-c2ccc(Br)cc2)c1O. The van der Waals surface area contributed by atoms with Crippen molar-refractivity contribution in [1.82, 2.24) is 10.3 Å². The van der Waals surface area contributed by atoms with Gasteiger partial charge in [-0.1, -0.05) is 28.1 Å². The number of aliphatic carboxylic acids is 1. The highest BCUT2D eigenvalue weighted by molar-refractivity contribution is 9.10. The molecule has 3 rings (SSSR count). The van der Waals surface area contributed by atoms with Crippen molar-refractivity contribution in [1.29, 1.82) is 0 Å². The molecule has 9 heteroatoms. The van der Waals surface area contributed by atoms with Gasteiger partial charge in [-0.3, -0.25) is 10.2 Å². The zero-order valence-corrected chi connectivity index (χ0v) is 18.4. The molecule has 1 aliphatic rings. The molecule has 1 aromatic carbocycles. The van der Waals surface area contributed by atoms with Crippen LogP contribution in [0.25, 0.3) is 10.4 Å². The average Bonchev–Trinajstić information content (AvgIpc) is 3.08. The monoisotopic (exact) mass is 481 g/mol. The number of piperidine rings is 1. The third-order valence-corrected chi connectivity index (χ3v) is 6.61. The van der Waals surface area contributed by atoms with Crippen LogP contribution in [0.1, 0.15) is 25.3 Å². The molecule has 1 fully saturated rings. The van der Waals surface area contributed by atoms with Crippen LogP contribution in [-0.2, 0) is 4.79 Å². The molecular weight excluding hydrogens is 462 g/mol. The molecule has 148 valence electrons. The van der Waals surface area contributed by atoms with E-state index in [1.54, 1.807) is 6.92 Å². The summed E-state index contributed by atoms with van der Waals surface area (Å²) in [6.45, 7) is 2.99. The molecule has 0 unspecified atom stereocenters. The van der Waals surface area contributed by atoms with E-state index >= 15 is 0 Å².